The van der Waals surface area contributed by atoms with Crippen LogP contribution in [0.15, 0.2) is 11.1 Å². The number of hydrogen-bond acceptors (Lipinski definition) is 8. The number of nitrogens with two attached hydrogens (primary N) is 1. The summed E-state index contributed by atoms with van der Waals surface area (Å²) in [6.45, 7) is 3.25. The maximum atomic E-state index is 12.2. The van der Waals surface area contributed by atoms with Gasteiger partial charge in [-0.25, -0.2) is 4.98 Å². The van der Waals surface area contributed by atoms with E-state index in [2.05, 4.69) is 21.9 Å². The van der Waals surface area contributed by atoms with E-state index in [4.69, 9.17) is 19.7 Å². The maximum Gasteiger partial charge on any atom is 0.330 e. The van der Waals surface area contributed by atoms with Crippen LogP contribution in [0.5, 0.6) is 0 Å². The van der Waals surface area contributed by atoms with Gasteiger partial charge in [-0.1, -0.05) is 90.4 Å². The van der Waals surface area contributed by atoms with Crippen molar-refractivity contribution in [1.82, 2.24) is 19.5 Å². The first-order chi connectivity index (χ1) is 18.4. The van der Waals surface area contributed by atoms with Gasteiger partial charge in [0, 0.05) is 6.61 Å². The van der Waals surface area contributed by atoms with E-state index in [0.29, 0.717) is 6.61 Å². The molecular formula is C26H48N5O6P. The third kappa shape index (κ3) is 13.8. The summed E-state index contributed by atoms with van der Waals surface area (Å²) in [5.41, 5.74) is 5.55. The molecule has 0 aliphatic carbocycles. The zero-order valence-corrected chi connectivity index (χ0v) is 24.0. The number of fused-ring (bicyclic) bond motifs is 1. The van der Waals surface area contributed by atoms with Crippen LogP contribution in [0.25, 0.3) is 11.2 Å². The van der Waals surface area contributed by atoms with E-state index in [1.807, 2.05) is 0 Å². The molecule has 218 valence electrons. The van der Waals surface area contributed by atoms with Crippen LogP contribution in [0.3, 0.4) is 0 Å². The van der Waals surface area contributed by atoms with Gasteiger partial charge in [0.15, 0.2) is 11.2 Å². The highest BCUT2D eigenvalue weighted by molar-refractivity contribution is 7.52. The van der Waals surface area contributed by atoms with Crippen LogP contribution in [0, 0.1) is 0 Å². The van der Waals surface area contributed by atoms with Crippen LogP contribution in [0.4, 0.5) is 5.95 Å². The van der Waals surface area contributed by atoms with Gasteiger partial charge < -0.3 is 24.6 Å². The van der Waals surface area contributed by atoms with Gasteiger partial charge in [-0.05, 0) is 6.42 Å². The minimum absolute atomic E-state index is 0.00791. The molecule has 0 fully saturated rings. The molecule has 0 aliphatic heterocycles. The molecule has 1 unspecified atom stereocenters. The molecule has 0 saturated carbocycles. The lowest BCUT2D eigenvalue weighted by atomic mass is 10.0. The predicted molar refractivity (Wildman–Crippen MR) is 150 cm³/mol. The fourth-order valence-corrected chi connectivity index (χ4v) is 5.06. The van der Waals surface area contributed by atoms with Crippen molar-refractivity contribution in [2.45, 2.75) is 104 Å². The fraction of sp³-hybridized carbons (Fsp3) is 0.808. The monoisotopic (exact) mass is 557 g/mol. The van der Waals surface area contributed by atoms with E-state index >= 15 is 0 Å². The third-order valence-corrected chi connectivity index (χ3v) is 7.74. The van der Waals surface area contributed by atoms with E-state index in [-0.39, 0.29) is 49.8 Å². The number of hydrogen-bond donors (Lipinski definition) is 3. The second kappa shape index (κ2) is 19.3. The summed E-state index contributed by atoms with van der Waals surface area (Å²) >= 11 is 0. The average molecular weight is 558 g/mol. The SMILES string of the molecule is CCCCCCCCCCCCCCCCOCCOP(=O)(O)CCOCn1cnc2c(=O)[nH]c(N)nc21. The van der Waals surface area contributed by atoms with Crippen molar-refractivity contribution in [3.63, 3.8) is 0 Å². The number of H-pyrrole nitrogens is 1. The van der Waals surface area contributed by atoms with Gasteiger partial charge in [0.05, 0.1) is 32.3 Å². The molecule has 2 rings (SSSR count). The molecule has 0 bridgehead atoms. The molecule has 0 spiro atoms. The minimum Gasteiger partial charge on any atom is -0.379 e. The molecule has 38 heavy (non-hydrogen) atoms. The second-order valence-electron chi connectivity index (χ2n) is 9.78. The second-order valence-corrected chi connectivity index (χ2v) is 11.8. The number of aromatic amines is 1. The molecule has 0 amide bonds. The smallest absolute Gasteiger partial charge is 0.330 e. The zero-order valence-electron chi connectivity index (χ0n) is 23.1. The lowest BCUT2D eigenvalue weighted by Gasteiger charge is -2.13. The number of ether oxygens (including phenoxy) is 2. The topological polar surface area (TPSA) is 155 Å². The number of nitrogen functional groups attached to an aromatic ring is 1. The number of imidazole rings is 1. The van der Waals surface area contributed by atoms with E-state index in [1.165, 1.54) is 87.9 Å². The van der Waals surface area contributed by atoms with E-state index in [1.54, 1.807) is 0 Å². The number of unbranched alkanes of at least 4 members (excludes halogenated alkanes) is 13. The van der Waals surface area contributed by atoms with Crippen LogP contribution in [0.2, 0.25) is 0 Å². The molecular weight excluding hydrogens is 509 g/mol. The summed E-state index contributed by atoms with van der Waals surface area (Å²) in [6, 6.07) is 0. The predicted octanol–water partition coefficient (Wildman–Crippen LogP) is 5.38. The minimum atomic E-state index is -3.77. The summed E-state index contributed by atoms with van der Waals surface area (Å²) < 4.78 is 29.7. The quantitative estimate of drug-likeness (QED) is 0.114. The van der Waals surface area contributed by atoms with Crippen molar-refractivity contribution >= 4 is 24.7 Å². The fourth-order valence-electron chi connectivity index (χ4n) is 4.21. The highest BCUT2D eigenvalue weighted by Crippen LogP contribution is 2.41. The van der Waals surface area contributed by atoms with Crippen LogP contribution in [0.1, 0.15) is 96.8 Å². The summed E-state index contributed by atoms with van der Waals surface area (Å²) in [6.07, 6.45) is 19.6. The Bertz CT molecular complexity index is 998. The highest BCUT2D eigenvalue weighted by atomic mass is 31.2. The molecule has 11 nitrogen and oxygen atoms in total. The molecule has 4 N–H and O–H groups in total. The van der Waals surface area contributed by atoms with Crippen molar-refractivity contribution in [3.8, 4) is 0 Å². The van der Waals surface area contributed by atoms with Crippen LogP contribution in [-0.2, 0) is 25.3 Å². The Kier molecular flexibility index (Phi) is 16.5. The zero-order chi connectivity index (χ0) is 27.5. The summed E-state index contributed by atoms with van der Waals surface area (Å²) in [5, 5.41) is 0. The van der Waals surface area contributed by atoms with E-state index in [9.17, 15) is 14.3 Å². The summed E-state index contributed by atoms with van der Waals surface area (Å²) in [7, 11) is -3.77. The standard InChI is InChI=1S/C26H48N5O6P/c1-2-3-4-5-6-7-8-9-10-11-12-13-14-15-16-35-17-18-37-38(33,34)20-19-36-22-31-21-28-23-24(31)29-26(27)30-25(23)32/h21H,2-20,22H2,1H3,(H,33,34)(H3,27,29,30,32). The number of nitrogens with one attached hydrogen (secondary N) is 1. The Balaban J connectivity index is 1.38. The number of aromatic nitrogens is 4. The summed E-state index contributed by atoms with van der Waals surface area (Å²) in [4.78, 5) is 32.1. The first-order valence-electron chi connectivity index (χ1n) is 14.3. The van der Waals surface area contributed by atoms with Crippen LogP contribution in [-0.4, -0.2) is 57.0 Å². The van der Waals surface area contributed by atoms with Gasteiger partial charge in [-0.15, -0.1) is 0 Å². The molecule has 0 radical (unpaired) electrons. The Morgan fingerprint density at radius 3 is 2.13 bits per heavy atom. The molecule has 2 heterocycles. The highest BCUT2D eigenvalue weighted by Gasteiger charge is 2.19. The first kappa shape index (κ1) is 32.4. The average Bonchev–Trinajstić information content (AvgIpc) is 3.29. The van der Waals surface area contributed by atoms with Crippen molar-refractivity contribution in [2.24, 2.45) is 0 Å². The van der Waals surface area contributed by atoms with Crippen molar-refractivity contribution in [1.29, 1.82) is 0 Å². The molecule has 12 heteroatoms. The van der Waals surface area contributed by atoms with Crippen molar-refractivity contribution < 1.29 is 23.5 Å². The lowest BCUT2D eigenvalue weighted by molar-refractivity contribution is 0.0801. The van der Waals surface area contributed by atoms with Gasteiger partial charge in [0.25, 0.3) is 5.56 Å². The molecule has 2 aromatic rings. The van der Waals surface area contributed by atoms with E-state index < -0.39 is 13.2 Å². The largest absolute Gasteiger partial charge is 0.379 e. The molecule has 0 aliphatic rings. The Morgan fingerprint density at radius 2 is 1.50 bits per heavy atom. The first-order valence-corrected chi connectivity index (χ1v) is 16.0. The number of nitrogens with zero attached hydrogens (tertiary/aromatic N) is 3. The van der Waals surface area contributed by atoms with Gasteiger partial charge in [0.2, 0.25) is 5.95 Å². The van der Waals surface area contributed by atoms with Gasteiger partial charge >= 0.3 is 7.60 Å². The summed E-state index contributed by atoms with van der Waals surface area (Å²) in [5.74, 6) is -0.0240. The van der Waals surface area contributed by atoms with Crippen molar-refractivity contribution in [3.05, 3.63) is 16.7 Å². The van der Waals surface area contributed by atoms with Gasteiger partial charge in [-0.2, -0.15) is 4.98 Å². The maximum absolute atomic E-state index is 12.2. The molecule has 2 aromatic heterocycles. The number of rotatable bonds is 24. The van der Waals surface area contributed by atoms with E-state index in [0.717, 1.165) is 12.8 Å². The number of anilines is 1. The Hall–Kier alpha value is -1.78. The van der Waals surface area contributed by atoms with Crippen LogP contribution < -0.4 is 11.3 Å². The van der Waals surface area contributed by atoms with Gasteiger partial charge in [-0.3, -0.25) is 18.9 Å². The third-order valence-electron chi connectivity index (χ3n) is 6.40. The molecule has 1 atom stereocenters. The normalized spacial score (nSPS) is 13.3. The van der Waals surface area contributed by atoms with Gasteiger partial charge in [0.1, 0.15) is 6.73 Å². The Morgan fingerprint density at radius 1 is 0.895 bits per heavy atom. The van der Waals surface area contributed by atoms with Crippen LogP contribution >= 0.6 is 7.60 Å². The molecule has 0 aromatic carbocycles. The van der Waals surface area contributed by atoms with Crippen molar-refractivity contribution in [2.75, 3.05) is 38.3 Å². The Labute approximate surface area is 226 Å². The molecule has 0 saturated heterocycles. The lowest BCUT2D eigenvalue weighted by Crippen LogP contribution is -2.13.